The van der Waals surface area contributed by atoms with Crippen molar-refractivity contribution in [2.75, 3.05) is 6.61 Å². The van der Waals surface area contributed by atoms with Gasteiger partial charge in [0.05, 0.1) is 6.61 Å². The molecule has 26 heavy (non-hydrogen) atoms. The SMILES string of the molecule is CC.CCCC(O)(c1ccc(-c2cccc(OCC)c2)cc1)C(F)(F)F. The topological polar surface area (TPSA) is 29.5 Å². The molecule has 0 spiro atoms. The molecule has 0 aliphatic heterocycles. The largest absolute Gasteiger partial charge is 0.494 e. The van der Waals surface area contributed by atoms with Crippen LogP contribution in [-0.4, -0.2) is 17.9 Å². The predicted molar refractivity (Wildman–Crippen MR) is 99.3 cm³/mol. The highest BCUT2D eigenvalue weighted by Crippen LogP contribution is 2.42. The van der Waals surface area contributed by atoms with E-state index in [-0.39, 0.29) is 18.4 Å². The fraction of sp³-hybridized carbons (Fsp3) is 0.429. The highest BCUT2D eigenvalue weighted by molar-refractivity contribution is 5.65. The highest BCUT2D eigenvalue weighted by Gasteiger charge is 2.54. The van der Waals surface area contributed by atoms with Crippen molar-refractivity contribution < 1.29 is 23.0 Å². The summed E-state index contributed by atoms with van der Waals surface area (Å²) in [5.41, 5.74) is -1.34. The third-order valence-corrected chi connectivity index (χ3v) is 3.92. The van der Waals surface area contributed by atoms with E-state index in [2.05, 4.69) is 0 Å². The maximum Gasteiger partial charge on any atom is 0.421 e. The molecule has 144 valence electrons. The minimum Gasteiger partial charge on any atom is -0.494 e. The van der Waals surface area contributed by atoms with Crippen LogP contribution >= 0.6 is 0 Å². The van der Waals surface area contributed by atoms with Gasteiger partial charge in [-0.25, -0.2) is 0 Å². The number of alkyl halides is 3. The Kier molecular flexibility index (Phi) is 8.15. The number of hydrogen-bond donors (Lipinski definition) is 1. The molecule has 0 aliphatic rings. The summed E-state index contributed by atoms with van der Waals surface area (Å²) < 4.78 is 45.2. The first-order valence-corrected chi connectivity index (χ1v) is 8.94. The Balaban J connectivity index is 0.00000163. The van der Waals surface area contributed by atoms with Crippen LogP contribution in [-0.2, 0) is 5.60 Å². The van der Waals surface area contributed by atoms with Crippen molar-refractivity contribution in [2.45, 2.75) is 52.3 Å². The number of rotatable bonds is 6. The van der Waals surface area contributed by atoms with Crippen molar-refractivity contribution in [1.29, 1.82) is 0 Å². The second-order valence-corrected chi connectivity index (χ2v) is 5.65. The van der Waals surface area contributed by atoms with E-state index in [1.54, 1.807) is 19.1 Å². The van der Waals surface area contributed by atoms with Gasteiger partial charge in [0.2, 0.25) is 0 Å². The Hall–Kier alpha value is -2.01. The first-order valence-electron chi connectivity index (χ1n) is 8.94. The molecule has 2 aromatic carbocycles. The summed E-state index contributed by atoms with van der Waals surface area (Å²) in [4.78, 5) is 0. The molecular formula is C21H27F3O2. The molecule has 2 nitrogen and oxygen atoms in total. The van der Waals surface area contributed by atoms with E-state index in [4.69, 9.17) is 4.74 Å². The first kappa shape index (κ1) is 22.0. The molecule has 0 saturated heterocycles. The van der Waals surface area contributed by atoms with Crippen LogP contribution in [0.1, 0.15) is 46.1 Å². The van der Waals surface area contributed by atoms with E-state index in [1.807, 2.05) is 45.0 Å². The normalized spacial score (nSPS) is 13.4. The highest BCUT2D eigenvalue weighted by atomic mass is 19.4. The molecule has 0 heterocycles. The fourth-order valence-electron chi connectivity index (χ4n) is 2.68. The van der Waals surface area contributed by atoms with Crippen LogP contribution in [0.25, 0.3) is 11.1 Å². The lowest BCUT2D eigenvalue weighted by Crippen LogP contribution is -2.42. The second kappa shape index (κ2) is 9.62. The average Bonchev–Trinajstić information content (AvgIpc) is 2.63. The molecule has 0 bridgehead atoms. The minimum atomic E-state index is -4.71. The smallest absolute Gasteiger partial charge is 0.421 e. The number of aliphatic hydroxyl groups is 1. The molecule has 0 radical (unpaired) electrons. The van der Waals surface area contributed by atoms with Crippen molar-refractivity contribution in [3.8, 4) is 16.9 Å². The van der Waals surface area contributed by atoms with Gasteiger partial charge in [-0.05, 0) is 42.2 Å². The zero-order valence-corrected chi connectivity index (χ0v) is 15.7. The van der Waals surface area contributed by atoms with Crippen molar-refractivity contribution in [3.63, 3.8) is 0 Å². The Morgan fingerprint density at radius 1 is 0.923 bits per heavy atom. The van der Waals surface area contributed by atoms with Gasteiger partial charge < -0.3 is 9.84 Å². The van der Waals surface area contributed by atoms with E-state index in [0.717, 1.165) is 11.1 Å². The Morgan fingerprint density at radius 2 is 1.54 bits per heavy atom. The molecule has 1 unspecified atom stereocenters. The van der Waals surface area contributed by atoms with Gasteiger partial charge in [0.1, 0.15) is 5.75 Å². The van der Waals surface area contributed by atoms with Crippen LogP contribution in [0.15, 0.2) is 48.5 Å². The maximum atomic E-state index is 13.3. The molecule has 1 N–H and O–H groups in total. The van der Waals surface area contributed by atoms with Gasteiger partial charge in [0, 0.05) is 0 Å². The molecule has 2 rings (SSSR count). The molecule has 0 aliphatic carbocycles. The lowest BCUT2D eigenvalue weighted by molar-refractivity contribution is -0.269. The maximum absolute atomic E-state index is 13.3. The summed E-state index contributed by atoms with van der Waals surface area (Å²) >= 11 is 0. The third kappa shape index (κ3) is 5.01. The van der Waals surface area contributed by atoms with Crippen molar-refractivity contribution >= 4 is 0 Å². The number of hydrogen-bond acceptors (Lipinski definition) is 2. The van der Waals surface area contributed by atoms with E-state index in [0.29, 0.717) is 12.4 Å². The lowest BCUT2D eigenvalue weighted by atomic mass is 9.87. The van der Waals surface area contributed by atoms with Crippen molar-refractivity contribution in [1.82, 2.24) is 0 Å². The summed E-state index contributed by atoms with van der Waals surface area (Å²) in [5, 5.41) is 10.1. The number of benzene rings is 2. The zero-order valence-electron chi connectivity index (χ0n) is 15.7. The number of ether oxygens (including phenoxy) is 1. The summed E-state index contributed by atoms with van der Waals surface area (Å²) in [6.07, 6.45) is -4.84. The van der Waals surface area contributed by atoms with Crippen molar-refractivity contribution in [2.24, 2.45) is 0 Å². The monoisotopic (exact) mass is 368 g/mol. The molecule has 0 fully saturated rings. The van der Waals surface area contributed by atoms with Gasteiger partial charge >= 0.3 is 6.18 Å². The fourth-order valence-corrected chi connectivity index (χ4v) is 2.68. The quantitative estimate of drug-likeness (QED) is 0.646. The molecule has 1 atom stereocenters. The molecule has 2 aromatic rings. The van der Waals surface area contributed by atoms with Gasteiger partial charge in [-0.3, -0.25) is 0 Å². The van der Waals surface area contributed by atoms with Crippen LogP contribution in [0, 0.1) is 0 Å². The lowest BCUT2D eigenvalue weighted by Gasteiger charge is -2.30. The van der Waals surface area contributed by atoms with Gasteiger partial charge in [-0.1, -0.05) is 63.6 Å². The first-order chi connectivity index (χ1) is 12.3. The standard InChI is InChI=1S/C19H21F3O2.C2H6/c1-3-12-18(23,19(20,21)22)16-10-8-14(9-11-16)15-6-5-7-17(13-15)24-4-2;1-2/h5-11,13,23H,3-4,12H2,1-2H3;1-2H3. The molecule has 5 heteroatoms. The summed E-state index contributed by atoms with van der Waals surface area (Å²) in [7, 11) is 0. The molecule has 0 aromatic heterocycles. The molecule has 0 saturated carbocycles. The third-order valence-electron chi connectivity index (χ3n) is 3.92. The van der Waals surface area contributed by atoms with E-state index >= 15 is 0 Å². The van der Waals surface area contributed by atoms with Gasteiger partial charge in [0.25, 0.3) is 0 Å². The summed E-state index contributed by atoms with van der Waals surface area (Å²) in [6.45, 7) is 8.04. The predicted octanol–water partition coefficient (Wildman–Crippen LogP) is 6.33. The minimum absolute atomic E-state index is 0.137. The summed E-state index contributed by atoms with van der Waals surface area (Å²) in [6, 6.07) is 13.2. The van der Waals surface area contributed by atoms with E-state index < -0.39 is 11.8 Å². The second-order valence-electron chi connectivity index (χ2n) is 5.65. The van der Waals surface area contributed by atoms with Gasteiger partial charge in [-0.15, -0.1) is 0 Å². The van der Waals surface area contributed by atoms with Crippen molar-refractivity contribution in [3.05, 3.63) is 54.1 Å². The van der Waals surface area contributed by atoms with Crippen LogP contribution < -0.4 is 4.74 Å². The zero-order chi connectivity index (χ0) is 19.8. The molecule has 0 amide bonds. The summed E-state index contributed by atoms with van der Waals surface area (Å²) in [5.74, 6) is 0.705. The van der Waals surface area contributed by atoms with E-state index in [1.165, 1.54) is 12.1 Å². The van der Waals surface area contributed by atoms with Gasteiger partial charge in [-0.2, -0.15) is 13.2 Å². The van der Waals surface area contributed by atoms with Gasteiger partial charge in [0.15, 0.2) is 5.60 Å². The Labute approximate surface area is 153 Å². The van der Waals surface area contributed by atoms with Crippen LogP contribution in [0.3, 0.4) is 0 Å². The average molecular weight is 368 g/mol. The molecular weight excluding hydrogens is 341 g/mol. The Bertz CT molecular complexity index is 666. The Morgan fingerprint density at radius 3 is 2.04 bits per heavy atom. The van der Waals surface area contributed by atoms with Crippen LogP contribution in [0.2, 0.25) is 0 Å². The number of halogens is 3. The van der Waals surface area contributed by atoms with Crippen LogP contribution in [0.4, 0.5) is 13.2 Å². The van der Waals surface area contributed by atoms with E-state index in [9.17, 15) is 18.3 Å². The van der Waals surface area contributed by atoms with Crippen LogP contribution in [0.5, 0.6) is 5.75 Å².